The van der Waals surface area contributed by atoms with Crippen LogP contribution in [-0.4, -0.2) is 23.6 Å². The standard InChI is InChI=1S/C16H20ClFN2O2/c17-12-2-1-11(9-13(12)18)22-10-14(21)20-16-6-3-15(19,4-7-16)5-8-16/h1-2,9H,3-8,10,19H2,(H,20,21). The third-order valence-corrected chi connectivity index (χ3v) is 5.28. The number of amides is 1. The zero-order chi connectivity index (χ0) is 15.8. The Kier molecular flexibility index (Phi) is 4.03. The third-order valence-electron chi connectivity index (χ3n) is 4.97. The lowest BCUT2D eigenvalue weighted by Crippen LogP contribution is -2.62. The zero-order valence-electron chi connectivity index (χ0n) is 12.3. The molecule has 0 spiro atoms. The van der Waals surface area contributed by atoms with Gasteiger partial charge in [-0.05, 0) is 50.7 Å². The van der Waals surface area contributed by atoms with Crippen LogP contribution in [0.25, 0.3) is 0 Å². The van der Waals surface area contributed by atoms with Crippen LogP contribution in [0.15, 0.2) is 18.2 Å². The van der Waals surface area contributed by atoms with Gasteiger partial charge in [-0.2, -0.15) is 0 Å². The van der Waals surface area contributed by atoms with Gasteiger partial charge < -0.3 is 15.8 Å². The van der Waals surface area contributed by atoms with Gasteiger partial charge in [0.1, 0.15) is 11.6 Å². The van der Waals surface area contributed by atoms with Gasteiger partial charge in [-0.3, -0.25) is 4.79 Å². The Balaban J connectivity index is 1.53. The molecule has 6 heteroatoms. The van der Waals surface area contributed by atoms with Crippen LogP contribution in [0, 0.1) is 5.82 Å². The summed E-state index contributed by atoms with van der Waals surface area (Å²) in [5.74, 6) is -0.443. The average Bonchev–Trinajstić information content (AvgIpc) is 2.50. The quantitative estimate of drug-likeness (QED) is 0.894. The molecule has 0 heterocycles. The first-order chi connectivity index (χ1) is 10.4. The molecule has 4 nitrogen and oxygen atoms in total. The van der Waals surface area contributed by atoms with Crippen molar-refractivity contribution in [3.8, 4) is 5.75 Å². The van der Waals surface area contributed by atoms with Crippen LogP contribution >= 0.6 is 11.6 Å². The second kappa shape index (κ2) is 5.70. The first-order valence-electron chi connectivity index (χ1n) is 7.58. The smallest absolute Gasteiger partial charge is 0.258 e. The number of ether oxygens (including phenoxy) is 1. The van der Waals surface area contributed by atoms with Crippen LogP contribution in [0.3, 0.4) is 0 Å². The zero-order valence-corrected chi connectivity index (χ0v) is 13.1. The molecule has 120 valence electrons. The van der Waals surface area contributed by atoms with Crippen LogP contribution in [0.2, 0.25) is 5.02 Å². The molecule has 0 unspecified atom stereocenters. The van der Waals surface area contributed by atoms with Crippen molar-refractivity contribution in [1.29, 1.82) is 0 Å². The molecule has 1 amide bonds. The average molecular weight is 327 g/mol. The van der Waals surface area contributed by atoms with Gasteiger partial charge in [0.15, 0.2) is 6.61 Å². The van der Waals surface area contributed by atoms with Gasteiger partial charge in [0.05, 0.1) is 5.02 Å². The van der Waals surface area contributed by atoms with Gasteiger partial charge in [0, 0.05) is 17.1 Å². The number of carbonyl (C=O) groups is 1. The van der Waals surface area contributed by atoms with E-state index in [2.05, 4.69) is 5.32 Å². The lowest BCUT2D eigenvalue weighted by Gasteiger charge is -2.52. The molecule has 1 aromatic carbocycles. The highest BCUT2D eigenvalue weighted by Crippen LogP contribution is 2.45. The summed E-state index contributed by atoms with van der Waals surface area (Å²) in [6.07, 6.45) is 5.63. The summed E-state index contributed by atoms with van der Waals surface area (Å²) in [5, 5.41) is 3.13. The summed E-state index contributed by atoms with van der Waals surface area (Å²) in [5.41, 5.74) is 6.11. The summed E-state index contributed by atoms with van der Waals surface area (Å²) in [6, 6.07) is 4.13. The molecule has 1 aromatic rings. The Morgan fingerprint density at radius 1 is 1.27 bits per heavy atom. The topological polar surface area (TPSA) is 64.3 Å². The van der Waals surface area contributed by atoms with Gasteiger partial charge in [0.25, 0.3) is 5.91 Å². The second-order valence-corrected chi connectivity index (χ2v) is 6.96. The Labute approximate surface area is 134 Å². The van der Waals surface area contributed by atoms with E-state index < -0.39 is 5.82 Å². The molecular formula is C16H20ClFN2O2. The highest BCUT2D eigenvalue weighted by Gasteiger charge is 2.47. The maximum absolute atomic E-state index is 13.3. The van der Waals surface area contributed by atoms with Crippen molar-refractivity contribution in [2.24, 2.45) is 5.73 Å². The fraction of sp³-hybridized carbons (Fsp3) is 0.562. The summed E-state index contributed by atoms with van der Waals surface area (Å²) in [6.45, 7) is -0.128. The predicted octanol–water partition coefficient (Wildman–Crippen LogP) is 2.78. The minimum Gasteiger partial charge on any atom is -0.484 e. The van der Waals surface area contributed by atoms with Crippen LogP contribution < -0.4 is 15.8 Å². The number of hydrogen-bond acceptors (Lipinski definition) is 3. The molecule has 3 fully saturated rings. The molecule has 3 saturated carbocycles. The number of nitrogens with two attached hydrogens (primary N) is 1. The minimum atomic E-state index is -0.558. The molecule has 0 aliphatic heterocycles. The van der Waals surface area contributed by atoms with E-state index in [0.29, 0.717) is 5.75 Å². The molecule has 0 saturated heterocycles. The van der Waals surface area contributed by atoms with Crippen molar-refractivity contribution < 1.29 is 13.9 Å². The van der Waals surface area contributed by atoms with E-state index >= 15 is 0 Å². The monoisotopic (exact) mass is 326 g/mol. The van der Waals surface area contributed by atoms with Crippen LogP contribution in [-0.2, 0) is 4.79 Å². The normalized spacial score (nSPS) is 30.1. The number of hydrogen-bond donors (Lipinski definition) is 2. The van der Waals surface area contributed by atoms with Crippen molar-refractivity contribution >= 4 is 17.5 Å². The fourth-order valence-corrected chi connectivity index (χ4v) is 3.57. The first-order valence-corrected chi connectivity index (χ1v) is 7.95. The van der Waals surface area contributed by atoms with Gasteiger partial charge in [-0.15, -0.1) is 0 Å². The highest BCUT2D eigenvalue weighted by molar-refractivity contribution is 6.30. The Bertz CT molecular complexity index is 569. The van der Waals surface area contributed by atoms with E-state index in [1.54, 1.807) is 6.07 Å². The maximum Gasteiger partial charge on any atom is 0.258 e. The van der Waals surface area contributed by atoms with Crippen LogP contribution in [0.4, 0.5) is 4.39 Å². The lowest BCUT2D eigenvalue weighted by molar-refractivity contribution is -0.126. The van der Waals surface area contributed by atoms with E-state index in [9.17, 15) is 9.18 Å². The summed E-state index contributed by atoms with van der Waals surface area (Å²) in [4.78, 5) is 12.1. The molecule has 0 radical (unpaired) electrons. The van der Waals surface area contributed by atoms with E-state index in [1.165, 1.54) is 12.1 Å². The molecular weight excluding hydrogens is 307 g/mol. The number of fused-ring (bicyclic) bond motifs is 3. The van der Waals surface area contributed by atoms with Crippen LogP contribution in [0.1, 0.15) is 38.5 Å². The first kappa shape index (κ1) is 15.6. The molecule has 3 aliphatic carbocycles. The number of halogens is 2. The van der Waals surface area contributed by atoms with Crippen molar-refractivity contribution in [3.05, 3.63) is 29.0 Å². The van der Waals surface area contributed by atoms with E-state index in [0.717, 1.165) is 38.5 Å². The number of nitrogens with one attached hydrogen (secondary N) is 1. The van der Waals surface area contributed by atoms with E-state index in [4.69, 9.17) is 22.1 Å². The van der Waals surface area contributed by atoms with Crippen molar-refractivity contribution in [2.75, 3.05) is 6.61 Å². The van der Waals surface area contributed by atoms with Crippen LogP contribution in [0.5, 0.6) is 5.75 Å². The molecule has 4 rings (SSSR count). The van der Waals surface area contributed by atoms with E-state index in [1.807, 2.05) is 0 Å². The summed E-state index contributed by atoms with van der Waals surface area (Å²) >= 11 is 5.60. The summed E-state index contributed by atoms with van der Waals surface area (Å²) < 4.78 is 18.6. The largest absolute Gasteiger partial charge is 0.484 e. The highest BCUT2D eigenvalue weighted by atomic mass is 35.5. The minimum absolute atomic E-state index is 0.0240. The van der Waals surface area contributed by atoms with Gasteiger partial charge >= 0.3 is 0 Å². The molecule has 3 N–H and O–H groups in total. The van der Waals surface area contributed by atoms with Gasteiger partial charge in [-0.1, -0.05) is 11.6 Å². The molecule has 0 aromatic heterocycles. The van der Waals surface area contributed by atoms with Crippen molar-refractivity contribution in [3.63, 3.8) is 0 Å². The van der Waals surface area contributed by atoms with Crippen molar-refractivity contribution in [1.82, 2.24) is 5.32 Å². The van der Waals surface area contributed by atoms with E-state index in [-0.39, 0.29) is 28.6 Å². The molecule has 2 bridgehead atoms. The fourth-order valence-electron chi connectivity index (χ4n) is 3.45. The Morgan fingerprint density at radius 3 is 2.50 bits per heavy atom. The van der Waals surface area contributed by atoms with Gasteiger partial charge in [-0.25, -0.2) is 4.39 Å². The number of benzene rings is 1. The predicted molar refractivity (Wildman–Crippen MR) is 82.4 cm³/mol. The lowest BCUT2D eigenvalue weighted by atomic mass is 9.62. The number of carbonyl (C=O) groups excluding carboxylic acids is 1. The maximum atomic E-state index is 13.3. The molecule has 0 atom stereocenters. The molecule has 22 heavy (non-hydrogen) atoms. The SMILES string of the molecule is NC12CCC(NC(=O)COc3ccc(Cl)c(F)c3)(CC1)CC2. The molecule has 3 aliphatic rings. The van der Waals surface area contributed by atoms with Gasteiger partial charge in [0.2, 0.25) is 0 Å². The second-order valence-electron chi connectivity index (χ2n) is 6.56. The Hall–Kier alpha value is -1.33. The third kappa shape index (κ3) is 3.20. The summed E-state index contributed by atoms with van der Waals surface area (Å²) in [7, 11) is 0. The van der Waals surface area contributed by atoms with Crippen molar-refractivity contribution in [2.45, 2.75) is 49.6 Å². The number of rotatable bonds is 4. The Morgan fingerprint density at radius 2 is 1.91 bits per heavy atom.